The molecule has 0 saturated heterocycles. The summed E-state index contributed by atoms with van der Waals surface area (Å²) in [7, 11) is 0. The van der Waals surface area contributed by atoms with E-state index in [1.807, 2.05) is 13.8 Å². The molecular weight excluding hydrogens is 606 g/mol. The Morgan fingerprint density at radius 2 is 1.26 bits per heavy atom. The normalized spacial score (nSPS) is 13.5. The minimum Gasteiger partial charge on any atom is -0.508 e. The molecule has 0 unspecified atom stereocenters. The van der Waals surface area contributed by atoms with E-state index >= 15 is 0 Å². The van der Waals surface area contributed by atoms with Gasteiger partial charge in [0.05, 0.1) is 19.1 Å². The lowest BCUT2D eigenvalue weighted by atomic mass is 9.99. The van der Waals surface area contributed by atoms with Crippen LogP contribution in [-0.2, 0) is 41.6 Å². The summed E-state index contributed by atoms with van der Waals surface area (Å²) in [5.41, 5.74) is 12.8. The highest BCUT2D eigenvalue weighted by Crippen LogP contribution is 2.11. The Kier molecular flexibility index (Phi) is 15.3. The zero-order valence-corrected chi connectivity index (χ0v) is 27.2. The molecule has 0 aliphatic heterocycles. The van der Waals surface area contributed by atoms with Crippen LogP contribution >= 0.6 is 0 Å². The van der Waals surface area contributed by atoms with Gasteiger partial charge in [0.1, 0.15) is 23.9 Å². The van der Waals surface area contributed by atoms with Crippen molar-refractivity contribution in [3.63, 3.8) is 0 Å². The first-order valence-corrected chi connectivity index (χ1v) is 15.5. The largest absolute Gasteiger partial charge is 0.508 e. The molecule has 14 nitrogen and oxygen atoms in total. The van der Waals surface area contributed by atoms with Crippen molar-refractivity contribution >= 4 is 35.4 Å². The fraction of sp³-hybridized carbons (Fsp3) is 0.455. The van der Waals surface area contributed by atoms with E-state index in [0.717, 1.165) is 11.1 Å². The maximum absolute atomic E-state index is 13.5. The lowest BCUT2D eigenvalue weighted by Crippen LogP contribution is -2.58. The summed E-state index contributed by atoms with van der Waals surface area (Å²) in [6, 6.07) is 11.1. The molecule has 0 spiro atoms. The molecule has 0 radical (unpaired) electrons. The number of carbonyl (C=O) groups is 6. The summed E-state index contributed by atoms with van der Waals surface area (Å²) < 4.78 is 0. The highest BCUT2D eigenvalue weighted by Gasteiger charge is 2.30. The number of nitrogens with one attached hydrogen (secondary N) is 5. The highest BCUT2D eigenvalue weighted by molar-refractivity contribution is 5.95. The van der Waals surface area contributed by atoms with Gasteiger partial charge in [-0.15, -0.1) is 0 Å². The van der Waals surface area contributed by atoms with Crippen molar-refractivity contribution in [1.82, 2.24) is 26.6 Å². The van der Waals surface area contributed by atoms with Crippen LogP contribution in [-0.4, -0.2) is 77.8 Å². The van der Waals surface area contributed by atoms with Gasteiger partial charge >= 0.3 is 0 Å². The molecule has 47 heavy (non-hydrogen) atoms. The Bertz CT molecular complexity index is 1370. The van der Waals surface area contributed by atoms with E-state index in [0.29, 0.717) is 0 Å². The van der Waals surface area contributed by atoms with E-state index < -0.39 is 72.7 Å². The molecule has 0 aliphatic carbocycles. The maximum atomic E-state index is 13.5. The van der Waals surface area contributed by atoms with Crippen LogP contribution in [0.25, 0.3) is 0 Å². The van der Waals surface area contributed by atoms with Crippen LogP contribution in [0, 0.1) is 11.8 Å². The van der Waals surface area contributed by atoms with Gasteiger partial charge in [-0.3, -0.25) is 28.8 Å². The molecular formula is C33H47N7O7. The van der Waals surface area contributed by atoms with Crippen LogP contribution < -0.4 is 38.1 Å². The second kappa shape index (κ2) is 18.9. The molecule has 0 heterocycles. The average molecular weight is 654 g/mol. The Morgan fingerprint density at radius 1 is 0.681 bits per heavy atom. The van der Waals surface area contributed by atoms with Crippen LogP contribution in [0.15, 0.2) is 54.6 Å². The fourth-order valence-corrected chi connectivity index (χ4v) is 4.62. The lowest BCUT2D eigenvalue weighted by Gasteiger charge is -2.27. The number of hydrogen-bond acceptors (Lipinski definition) is 8. The molecule has 14 heteroatoms. The average Bonchev–Trinajstić information content (AvgIpc) is 3.01. The van der Waals surface area contributed by atoms with E-state index in [9.17, 15) is 33.9 Å². The Morgan fingerprint density at radius 3 is 1.83 bits per heavy atom. The van der Waals surface area contributed by atoms with E-state index in [2.05, 4.69) is 26.6 Å². The Labute approximate surface area is 274 Å². The summed E-state index contributed by atoms with van der Waals surface area (Å²) in [4.78, 5) is 76.1. The van der Waals surface area contributed by atoms with Crippen LogP contribution in [0.3, 0.4) is 0 Å². The molecule has 0 bridgehead atoms. The predicted octanol–water partition coefficient (Wildman–Crippen LogP) is -0.621. The van der Waals surface area contributed by atoms with Gasteiger partial charge in [-0.1, -0.05) is 70.2 Å². The third kappa shape index (κ3) is 13.9. The highest BCUT2D eigenvalue weighted by atomic mass is 16.3. The zero-order valence-electron chi connectivity index (χ0n) is 27.2. The van der Waals surface area contributed by atoms with E-state index in [4.69, 9.17) is 11.5 Å². The Balaban J connectivity index is 2.01. The topological polar surface area (TPSA) is 235 Å². The van der Waals surface area contributed by atoms with Gasteiger partial charge in [0.15, 0.2) is 0 Å². The number of hydrogen-bond donors (Lipinski definition) is 8. The first-order valence-electron chi connectivity index (χ1n) is 15.5. The first kappa shape index (κ1) is 38.2. The molecule has 0 aromatic heterocycles. The zero-order chi connectivity index (χ0) is 35.1. The number of nitrogens with two attached hydrogens (primary N) is 2. The molecule has 2 rings (SSSR count). The van der Waals surface area contributed by atoms with Crippen molar-refractivity contribution in [2.24, 2.45) is 23.3 Å². The molecule has 0 fully saturated rings. The van der Waals surface area contributed by atoms with Crippen LogP contribution in [0.2, 0.25) is 0 Å². The van der Waals surface area contributed by atoms with Crippen molar-refractivity contribution in [3.8, 4) is 5.75 Å². The molecule has 2 aromatic rings. The molecule has 6 amide bonds. The fourth-order valence-electron chi connectivity index (χ4n) is 4.62. The van der Waals surface area contributed by atoms with Gasteiger partial charge < -0.3 is 43.2 Å². The second-order valence-corrected chi connectivity index (χ2v) is 12.1. The van der Waals surface area contributed by atoms with Crippen LogP contribution in [0.1, 0.15) is 45.2 Å². The van der Waals surface area contributed by atoms with Crippen molar-refractivity contribution in [3.05, 3.63) is 65.7 Å². The number of benzene rings is 2. The van der Waals surface area contributed by atoms with Crippen LogP contribution in [0.4, 0.5) is 0 Å². The number of primary amides is 1. The van der Waals surface area contributed by atoms with E-state index in [-0.39, 0.29) is 36.8 Å². The number of phenols is 1. The minimum absolute atomic E-state index is 0.00245. The Hall–Kier alpha value is -4.98. The summed E-state index contributed by atoms with van der Waals surface area (Å²) in [6.07, 6.45) is 0.533. The predicted molar refractivity (Wildman–Crippen MR) is 175 cm³/mol. The number of aromatic hydroxyl groups is 1. The molecule has 256 valence electrons. The van der Waals surface area contributed by atoms with Gasteiger partial charge in [-0.2, -0.15) is 0 Å². The number of carbonyl (C=O) groups excluding carboxylic acids is 6. The number of amides is 6. The van der Waals surface area contributed by atoms with Crippen LogP contribution in [0.5, 0.6) is 5.75 Å². The first-order chi connectivity index (χ1) is 22.2. The quantitative estimate of drug-likeness (QED) is 0.103. The van der Waals surface area contributed by atoms with Crippen molar-refractivity contribution in [1.29, 1.82) is 0 Å². The monoisotopic (exact) mass is 653 g/mol. The van der Waals surface area contributed by atoms with Gasteiger partial charge in [0.2, 0.25) is 35.4 Å². The summed E-state index contributed by atoms with van der Waals surface area (Å²) >= 11 is 0. The van der Waals surface area contributed by atoms with Gasteiger partial charge in [0, 0.05) is 6.42 Å². The lowest BCUT2D eigenvalue weighted by molar-refractivity contribution is -0.134. The number of phenolic OH excluding ortho intramolecular Hbond substituents is 1. The minimum atomic E-state index is -1.11. The smallest absolute Gasteiger partial charge is 0.243 e. The molecule has 2 aromatic carbocycles. The van der Waals surface area contributed by atoms with E-state index in [1.54, 1.807) is 56.3 Å². The third-order valence-electron chi connectivity index (χ3n) is 7.14. The maximum Gasteiger partial charge on any atom is 0.243 e. The standard InChI is InChI=1S/C33H47N7O7/c1-19(2)14-25(33(47)40-29(20(3)4)30(35)44)39-32(46)26(16-21-8-6-5-7-9-21)38-28(43)18-36-27(42)17-37-31(45)24(34)15-22-10-12-23(41)13-11-22/h5-13,19-20,24-26,29,41H,14-18,34H2,1-4H3,(H2,35,44)(H,36,42)(H,37,45)(H,38,43)(H,39,46)(H,40,47)/t24-,25-,26-,29-/m0/s1. The summed E-state index contributed by atoms with van der Waals surface area (Å²) in [6.45, 7) is 6.29. The molecule has 4 atom stereocenters. The molecule has 0 saturated carbocycles. The van der Waals surface area contributed by atoms with Gasteiger partial charge in [0.25, 0.3) is 0 Å². The van der Waals surface area contributed by atoms with Gasteiger partial charge in [-0.05, 0) is 47.9 Å². The summed E-state index contributed by atoms with van der Waals surface area (Å²) in [5, 5.41) is 22.1. The second-order valence-electron chi connectivity index (χ2n) is 12.1. The number of rotatable bonds is 18. The van der Waals surface area contributed by atoms with Crippen molar-refractivity contribution in [2.75, 3.05) is 13.1 Å². The summed E-state index contributed by atoms with van der Waals surface area (Å²) in [5.74, 6) is -4.01. The van der Waals surface area contributed by atoms with Crippen molar-refractivity contribution < 1.29 is 33.9 Å². The van der Waals surface area contributed by atoms with E-state index in [1.165, 1.54) is 12.1 Å². The van der Waals surface area contributed by atoms with Crippen molar-refractivity contribution in [2.45, 2.75) is 71.1 Å². The van der Waals surface area contributed by atoms with Gasteiger partial charge in [-0.25, -0.2) is 0 Å². The third-order valence-corrected chi connectivity index (χ3v) is 7.14. The molecule has 0 aliphatic rings. The SMILES string of the molecule is CC(C)C[C@H](NC(=O)[C@H](Cc1ccccc1)NC(=O)CNC(=O)CNC(=O)[C@@H](N)Cc1ccc(O)cc1)C(=O)N[C@H](C(N)=O)C(C)C. The molecule has 10 N–H and O–H groups in total.